The predicted octanol–water partition coefficient (Wildman–Crippen LogP) is -7.95. The van der Waals surface area contributed by atoms with E-state index in [1.165, 1.54) is 0 Å². The number of hydrogen-bond donors (Lipinski definition) is 1. The second-order valence-corrected chi connectivity index (χ2v) is 3.46. The van der Waals surface area contributed by atoms with E-state index in [4.69, 9.17) is 9.63 Å². The van der Waals surface area contributed by atoms with Crippen molar-refractivity contribution in [3.8, 4) is 0 Å². The minimum absolute atomic E-state index is 0. The molecular formula is C6H16K3O6P. The van der Waals surface area contributed by atoms with Crippen LogP contribution in [0.5, 0.6) is 0 Å². The minimum atomic E-state index is -4.22. The fourth-order valence-electron chi connectivity index (χ4n) is 0.545. The van der Waals surface area contributed by atoms with E-state index < -0.39 is 13.8 Å². The van der Waals surface area contributed by atoms with Crippen LogP contribution in [-0.4, -0.2) is 30.7 Å². The predicted molar refractivity (Wildman–Crippen MR) is 47.4 cm³/mol. The Balaban J connectivity index is -0.0000000480. The van der Waals surface area contributed by atoms with E-state index in [0.717, 1.165) is 6.92 Å². The van der Waals surface area contributed by atoms with Gasteiger partial charge in [-0.2, -0.15) is 0 Å². The van der Waals surface area contributed by atoms with Crippen LogP contribution in [0.2, 0.25) is 0 Å². The van der Waals surface area contributed by atoms with Gasteiger partial charge in [0.1, 0.15) is 0 Å². The molecule has 0 radical (unpaired) electrons. The molecular weight excluding hydrogens is 316 g/mol. The molecule has 0 aromatic rings. The molecule has 6 nitrogen and oxygen atoms in total. The van der Waals surface area contributed by atoms with Crippen molar-refractivity contribution in [2.75, 3.05) is 19.8 Å². The summed E-state index contributed by atoms with van der Waals surface area (Å²) in [4.78, 5) is 19.1. The van der Waals surface area contributed by atoms with Gasteiger partial charge in [0.25, 0.3) is 0 Å². The fourth-order valence-corrected chi connectivity index (χ4v) is 1.23. The van der Waals surface area contributed by atoms with Gasteiger partial charge in [0.2, 0.25) is 0 Å². The van der Waals surface area contributed by atoms with E-state index in [1.54, 1.807) is 6.92 Å². The fraction of sp³-hybridized carbons (Fsp3) is 0.833. The molecule has 0 saturated carbocycles. The first kappa shape index (κ1) is 28.6. The summed E-state index contributed by atoms with van der Waals surface area (Å²) in [6, 6.07) is 0. The number of phosphoric ester groups is 1. The zero-order valence-electron chi connectivity index (χ0n) is 13.6. The third-order valence-corrected chi connectivity index (χ3v) is 1.93. The van der Waals surface area contributed by atoms with Crippen molar-refractivity contribution in [2.45, 2.75) is 13.8 Å². The molecule has 1 unspecified atom stereocenters. The molecule has 0 amide bonds. The summed E-state index contributed by atoms with van der Waals surface area (Å²) >= 11 is 0. The molecule has 1 N–H and O–H groups in total. The Morgan fingerprint density at radius 3 is 2.19 bits per heavy atom. The first-order valence-electron chi connectivity index (χ1n) is 3.73. The van der Waals surface area contributed by atoms with Crippen molar-refractivity contribution in [1.29, 1.82) is 0 Å². The summed E-state index contributed by atoms with van der Waals surface area (Å²) in [6.07, 6.45) is 0. The van der Waals surface area contributed by atoms with Crippen molar-refractivity contribution >= 4 is 13.8 Å². The molecule has 0 aliphatic rings. The van der Waals surface area contributed by atoms with Gasteiger partial charge in [0, 0.05) is 13.5 Å². The first-order valence-corrected chi connectivity index (χ1v) is 5.22. The number of ether oxygens (including phenoxy) is 1. The van der Waals surface area contributed by atoms with E-state index in [2.05, 4.69) is 9.05 Å². The standard InChI is InChI=1S/C6H13O6P.3K.3H/c1-3-10-4-5-11-13(8,9)12-6(2)7;;;;;;/h3-5H2,1-2H3,(H,8,9);;;;;;/q;3*+1;3*-1. The molecule has 0 rings (SSSR count). The zero-order chi connectivity index (χ0) is 10.3. The average molecular weight is 332 g/mol. The van der Waals surface area contributed by atoms with Gasteiger partial charge in [-0.15, -0.1) is 0 Å². The Morgan fingerprint density at radius 1 is 1.31 bits per heavy atom. The van der Waals surface area contributed by atoms with Crippen LogP contribution in [0.15, 0.2) is 0 Å². The number of rotatable bonds is 6. The van der Waals surface area contributed by atoms with Gasteiger partial charge in [-0.3, -0.25) is 14.2 Å². The minimum Gasteiger partial charge on any atom is -1.00 e. The van der Waals surface area contributed by atoms with E-state index in [1.807, 2.05) is 0 Å². The Kier molecular flexibility index (Phi) is 31.4. The normalized spacial score (nSPS) is 12.2. The Morgan fingerprint density at radius 2 is 1.81 bits per heavy atom. The van der Waals surface area contributed by atoms with Crippen LogP contribution in [0.25, 0.3) is 0 Å². The molecule has 84 valence electrons. The van der Waals surface area contributed by atoms with Crippen molar-refractivity contribution in [2.24, 2.45) is 0 Å². The molecule has 0 spiro atoms. The topological polar surface area (TPSA) is 82.1 Å². The largest absolute Gasteiger partial charge is 1.00 e. The summed E-state index contributed by atoms with van der Waals surface area (Å²) in [5.74, 6) is -0.859. The molecule has 0 aliphatic heterocycles. The van der Waals surface area contributed by atoms with Crippen molar-refractivity contribution in [3.05, 3.63) is 0 Å². The number of carbonyl (C=O) groups excluding carboxylic acids is 1. The van der Waals surface area contributed by atoms with Crippen LogP contribution in [0.1, 0.15) is 18.1 Å². The third kappa shape index (κ3) is 20.8. The van der Waals surface area contributed by atoms with Crippen LogP contribution in [0, 0.1) is 0 Å². The van der Waals surface area contributed by atoms with Gasteiger partial charge in [0.15, 0.2) is 0 Å². The second-order valence-electron chi connectivity index (χ2n) is 2.08. The van der Waals surface area contributed by atoms with E-state index in [-0.39, 0.29) is 172 Å². The van der Waals surface area contributed by atoms with E-state index in [0.29, 0.717) is 6.61 Å². The number of carbonyl (C=O) groups is 1. The molecule has 0 aromatic carbocycles. The zero-order valence-corrected chi connectivity index (χ0v) is 20.8. The molecule has 1 atom stereocenters. The number of phosphoric acid groups is 1. The maximum absolute atomic E-state index is 10.8. The maximum atomic E-state index is 10.8. The maximum Gasteiger partial charge on any atom is 1.00 e. The van der Waals surface area contributed by atoms with Gasteiger partial charge in [0.05, 0.1) is 13.2 Å². The van der Waals surface area contributed by atoms with E-state index in [9.17, 15) is 9.36 Å². The summed E-state index contributed by atoms with van der Waals surface area (Å²) in [5.41, 5.74) is 0. The van der Waals surface area contributed by atoms with Gasteiger partial charge < -0.3 is 13.5 Å². The Labute approximate surface area is 228 Å². The Bertz CT molecular complexity index is 226. The molecule has 0 saturated heterocycles. The first-order chi connectivity index (χ1) is 5.98. The van der Waals surface area contributed by atoms with Crippen molar-refractivity contribution in [3.63, 3.8) is 0 Å². The van der Waals surface area contributed by atoms with Crippen LogP contribution in [0.4, 0.5) is 0 Å². The summed E-state index contributed by atoms with van der Waals surface area (Å²) < 4.78 is 24.1. The molecule has 16 heavy (non-hydrogen) atoms. The van der Waals surface area contributed by atoms with Crippen molar-refractivity contribution in [1.82, 2.24) is 0 Å². The summed E-state index contributed by atoms with van der Waals surface area (Å²) in [7, 11) is -4.22. The van der Waals surface area contributed by atoms with Gasteiger partial charge in [-0.05, 0) is 6.92 Å². The number of hydrogen-bond acceptors (Lipinski definition) is 5. The van der Waals surface area contributed by atoms with Crippen LogP contribution in [-0.2, 0) is 23.1 Å². The molecule has 10 heteroatoms. The second kappa shape index (κ2) is 17.5. The van der Waals surface area contributed by atoms with Crippen LogP contribution < -0.4 is 154 Å². The third-order valence-electron chi connectivity index (χ3n) is 0.930. The van der Waals surface area contributed by atoms with Crippen molar-refractivity contribution < 1.29 is 186 Å². The SMILES string of the molecule is CCOCCOP(=O)(O)OC(C)=O.[H-].[H-].[H-].[K+].[K+].[K+]. The Hall–Kier alpha value is 4.49. The monoisotopic (exact) mass is 332 g/mol. The van der Waals surface area contributed by atoms with Crippen LogP contribution >= 0.6 is 7.82 Å². The van der Waals surface area contributed by atoms with E-state index >= 15 is 0 Å². The van der Waals surface area contributed by atoms with Gasteiger partial charge in [-0.1, -0.05) is 0 Å². The van der Waals surface area contributed by atoms with Gasteiger partial charge in [-0.25, -0.2) is 4.57 Å². The average Bonchev–Trinajstić information content (AvgIpc) is 1.95. The molecule has 0 fully saturated rings. The molecule has 0 aliphatic carbocycles. The quantitative estimate of drug-likeness (QED) is 0.296. The molecule has 0 heterocycles. The van der Waals surface area contributed by atoms with Crippen LogP contribution in [0.3, 0.4) is 0 Å². The molecule has 0 bridgehead atoms. The molecule has 0 aromatic heterocycles. The van der Waals surface area contributed by atoms with Gasteiger partial charge >= 0.3 is 168 Å². The smallest absolute Gasteiger partial charge is 1.00 e. The summed E-state index contributed by atoms with van der Waals surface area (Å²) in [5, 5.41) is 0. The summed E-state index contributed by atoms with van der Waals surface area (Å²) in [6.45, 7) is 3.39.